The Balaban J connectivity index is 1.45. The molecular formula is C26H43NO3. The van der Waals surface area contributed by atoms with E-state index in [4.69, 9.17) is 10.5 Å². The van der Waals surface area contributed by atoms with Gasteiger partial charge < -0.3 is 10.5 Å². The van der Waals surface area contributed by atoms with Crippen molar-refractivity contribution in [1.29, 1.82) is 0 Å². The van der Waals surface area contributed by atoms with E-state index in [1.165, 1.54) is 32.1 Å². The molecule has 4 aliphatic rings. The summed E-state index contributed by atoms with van der Waals surface area (Å²) in [5.41, 5.74) is 6.61. The van der Waals surface area contributed by atoms with Gasteiger partial charge in [0.15, 0.2) is 0 Å². The van der Waals surface area contributed by atoms with Gasteiger partial charge in [0.05, 0.1) is 0 Å². The molecule has 3 unspecified atom stereocenters. The van der Waals surface area contributed by atoms with Crippen molar-refractivity contribution in [2.24, 2.45) is 52.1 Å². The van der Waals surface area contributed by atoms with Crippen LogP contribution in [0.15, 0.2) is 0 Å². The van der Waals surface area contributed by atoms with Crippen LogP contribution in [0.3, 0.4) is 0 Å². The topological polar surface area (TPSA) is 69.4 Å². The number of nitrogens with two attached hydrogens (primary N) is 1. The molecule has 0 aromatic rings. The molecule has 0 spiro atoms. The third kappa shape index (κ3) is 3.45. The van der Waals surface area contributed by atoms with Crippen LogP contribution in [-0.2, 0) is 14.3 Å². The van der Waals surface area contributed by atoms with Crippen LogP contribution in [0, 0.1) is 46.3 Å². The van der Waals surface area contributed by atoms with Crippen molar-refractivity contribution in [2.75, 3.05) is 0 Å². The van der Waals surface area contributed by atoms with Gasteiger partial charge in [-0.2, -0.15) is 0 Å². The average molecular weight is 418 g/mol. The first-order valence-corrected chi connectivity index (χ1v) is 12.5. The van der Waals surface area contributed by atoms with Gasteiger partial charge in [0, 0.05) is 5.92 Å². The third-order valence-electron chi connectivity index (χ3n) is 10.4. The molecule has 4 heteroatoms. The maximum Gasteiger partial charge on any atom is 0.323 e. The number of esters is 1. The minimum Gasteiger partial charge on any atom is -0.461 e. The monoisotopic (exact) mass is 417 g/mol. The summed E-state index contributed by atoms with van der Waals surface area (Å²) in [6.07, 6.45) is 10.6. The Morgan fingerprint density at radius 1 is 0.933 bits per heavy atom. The largest absolute Gasteiger partial charge is 0.461 e. The number of carbonyl (C=O) groups excluding carboxylic acids is 2. The van der Waals surface area contributed by atoms with Gasteiger partial charge >= 0.3 is 5.97 Å². The SMILES string of the molecule is CC(=O)[C@H]1CCC2C3CC[C@@H]4C[C@@H](OC(=O)[C@@H](N)C(C)C)CC[C@]4(C)C3CC[C@@]21C. The molecular weight excluding hydrogens is 374 g/mol. The van der Waals surface area contributed by atoms with Crippen LogP contribution in [0.4, 0.5) is 0 Å². The number of fused-ring (bicyclic) bond motifs is 5. The molecule has 170 valence electrons. The van der Waals surface area contributed by atoms with Crippen molar-refractivity contribution in [3.63, 3.8) is 0 Å². The minimum absolute atomic E-state index is 0.0411. The molecule has 0 amide bonds. The maximum atomic E-state index is 12.4. The molecule has 4 aliphatic carbocycles. The minimum atomic E-state index is -0.512. The van der Waals surface area contributed by atoms with Gasteiger partial charge in [-0.3, -0.25) is 9.59 Å². The number of Topliss-reactive ketones (excluding diaryl/α,β-unsaturated/α-hetero) is 1. The molecule has 2 N–H and O–H groups in total. The quantitative estimate of drug-likeness (QED) is 0.644. The summed E-state index contributed by atoms with van der Waals surface area (Å²) in [6.45, 7) is 10.7. The van der Waals surface area contributed by atoms with Gasteiger partial charge in [0.2, 0.25) is 0 Å². The highest BCUT2D eigenvalue weighted by Crippen LogP contribution is 2.67. The van der Waals surface area contributed by atoms with E-state index in [1.807, 2.05) is 20.8 Å². The fraction of sp³-hybridized carbons (Fsp3) is 0.923. The summed E-state index contributed by atoms with van der Waals surface area (Å²) in [6, 6.07) is -0.512. The van der Waals surface area contributed by atoms with E-state index in [1.54, 1.807) is 0 Å². The second-order valence-corrected chi connectivity index (χ2v) is 12.0. The number of hydrogen-bond acceptors (Lipinski definition) is 4. The lowest BCUT2D eigenvalue weighted by molar-refractivity contribution is -0.165. The zero-order valence-electron chi connectivity index (χ0n) is 19.8. The van der Waals surface area contributed by atoms with Gasteiger partial charge in [-0.1, -0.05) is 27.7 Å². The van der Waals surface area contributed by atoms with Crippen LogP contribution in [0.1, 0.15) is 92.4 Å². The van der Waals surface area contributed by atoms with Crippen molar-refractivity contribution in [1.82, 2.24) is 0 Å². The molecule has 4 nitrogen and oxygen atoms in total. The number of ether oxygens (including phenoxy) is 1. The number of carbonyl (C=O) groups is 2. The van der Waals surface area contributed by atoms with E-state index < -0.39 is 6.04 Å². The van der Waals surface area contributed by atoms with Crippen LogP contribution >= 0.6 is 0 Å². The Labute approximate surface area is 183 Å². The van der Waals surface area contributed by atoms with Gasteiger partial charge in [0.25, 0.3) is 0 Å². The van der Waals surface area contributed by atoms with Crippen LogP contribution in [0.2, 0.25) is 0 Å². The van der Waals surface area contributed by atoms with Crippen molar-refractivity contribution < 1.29 is 14.3 Å². The van der Waals surface area contributed by atoms with E-state index in [0.29, 0.717) is 17.1 Å². The lowest BCUT2D eigenvalue weighted by atomic mass is 9.44. The Hall–Kier alpha value is -0.900. The van der Waals surface area contributed by atoms with Crippen LogP contribution in [0.25, 0.3) is 0 Å². The first-order valence-electron chi connectivity index (χ1n) is 12.5. The van der Waals surface area contributed by atoms with Gasteiger partial charge in [-0.05, 0) is 105 Å². The molecule has 4 saturated carbocycles. The molecule has 4 rings (SSSR count). The normalized spacial score (nSPS) is 46.5. The summed E-state index contributed by atoms with van der Waals surface area (Å²) in [5, 5.41) is 0. The third-order valence-corrected chi connectivity index (χ3v) is 10.4. The number of rotatable bonds is 4. The van der Waals surface area contributed by atoms with E-state index in [-0.39, 0.29) is 29.3 Å². The molecule has 0 saturated heterocycles. The average Bonchev–Trinajstić information content (AvgIpc) is 3.05. The van der Waals surface area contributed by atoms with Crippen LogP contribution < -0.4 is 5.73 Å². The summed E-state index contributed by atoms with van der Waals surface area (Å²) in [7, 11) is 0. The van der Waals surface area contributed by atoms with Crippen molar-refractivity contribution >= 4 is 11.8 Å². The summed E-state index contributed by atoms with van der Waals surface area (Å²) >= 11 is 0. The van der Waals surface area contributed by atoms with E-state index >= 15 is 0 Å². The highest BCUT2D eigenvalue weighted by atomic mass is 16.5. The zero-order chi connectivity index (χ0) is 21.8. The second kappa shape index (κ2) is 7.90. The molecule has 0 heterocycles. The predicted octanol–water partition coefficient (Wildman–Crippen LogP) is 5.13. The molecule has 0 bridgehead atoms. The molecule has 0 aliphatic heterocycles. The highest BCUT2D eigenvalue weighted by Gasteiger charge is 2.60. The second-order valence-electron chi connectivity index (χ2n) is 12.0. The van der Waals surface area contributed by atoms with Crippen molar-refractivity contribution in [3.05, 3.63) is 0 Å². The number of hydrogen-bond donors (Lipinski definition) is 1. The zero-order valence-corrected chi connectivity index (χ0v) is 19.8. The highest BCUT2D eigenvalue weighted by molar-refractivity contribution is 5.79. The lowest BCUT2D eigenvalue weighted by Gasteiger charge is -2.61. The van der Waals surface area contributed by atoms with Gasteiger partial charge in [-0.25, -0.2) is 0 Å². The summed E-state index contributed by atoms with van der Waals surface area (Å²) < 4.78 is 5.87. The molecule has 30 heavy (non-hydrogen) atoms. The van der Waals surface area contributed by atoms with E-state index in [9.17, 15) is 9.59 Å². The molecule has 0 aromatic heterocycles. The predicted molar refractivity (Wildman–Crippen MR) is 119 cm³/mol. The fourth-order valence-corrected chi connectivity index (χ4v) is 8.51. The Bertz CT molecular complexity index is 690. The van der Waals surface area contributed by atoms with E-state index in [0.717, 1.165) is 43.4 Å². The van der Waals surface area contributed by atoms with Crippen LogP contribution in [0.5, 0.6) is 0 Å². The lowest BCUT2D eigenvalue weighted by Crippen LogP contribution is -2.54. The Kier molecular flexibility index (Phi) is 5.87. The molecule has 0 radical (unpaired) electrons. The molecule has 4 fully saturated rings. The van der Waals surface area contributed by atoms with Gasteiger partial charge in [-0.15, -0.1) is 0 Å². The maximum absolute atomic E-state index is 12.4. The smallest absolute Gasteiger partial charge is 0.323 e. The van der Waals surface area contributed by atoms with E-state index in [2.05, 4.69) is 13.8 Å². The van der Waals surface area contributed by atoms with Crippen LogP contribution in [-0.4, -0.2) is 23.9 Å². The Morgan fingerprint density at radius 2 is 1.60 bits per heavy atom. The van der Waals surface area contributed by atoms with Crippen molar-refractivity contribution in [2.45, 2.75) is 105 Å². The molecule has 9 atom stereocenters. The first kappa shape index (κ1) is 22.3. The van der Waals surface area contributed by atoms with Crippen molar-refractivity contribution in [3.8, 4) is 0 Å². The first-order chi connectivity index (χ1) is 14.1. The summed E-state index contributed by atoms with van der Waals surface area (Å²) in [5.74, 6) is 3.52. The Morgan fingerprint density at radius 3 is 2.27 bits per heavy atom. The summed E-state index contributed by atoms with van der Waals surface area (Å²) in [4.78, 5) is 24.7. The molecule has 0 aromatic carbocycles. The fourth-order valence-electron chi connectivity index (χ4n) is 8.51. The van der Waals surface area contributed by atoms with Gasteiger partial charge in [0.1, 0.15) is 17.9 Å². The number of ketones is 1. The standard InChI is InChI=1S/C26H43NO3/c1-15(2)23(27)24(29)30-18-10-12-25(4)17(14-18)6-7-19-21-9-8-20(16(3)28)26(21,5)13-11-22(19)25/h15,17-23H,6-14,27H2,1-5H3/t17-,18+,19?,20-,21?,22?,23+,25+,26-/m1/s1.